The molecule has 4 aromatic rings. The molecule has 0 bridgehead atoms. The molecule has 264 valence electrons. The molecule has 50 heavy (non-hydrogen) atoms. The van der Waals surface area contributed by atoms with Crippen LogP contribution in [0.4, 0.5) is 20.2 Å². The highest BCUT2D eigenvalue weighted by Gasteiger charge is 2.38. The minimum Gasteiger partial charge on any atom is -0.381 e. The van der Waals surface area contributed by atoms with Crippen LogP contribution in [0.3, 0.4) is 0 Å². The molecule has 0 spiro atoms. The first-order valence-corrected chi connectivity index (χ1v) is 20.1. The average Bonchev–Trinajstić information content (AvgIpc) is 3.49. The van der Waals surface area contributed by atoms with Crippen molar-refractivity contribution in [2.24, 2.45) is 5.92 Å². The summed E-state index contributed by atoms with van der Waals surface area (Å²) in [7, 11) is -7.46. The summed E-state index contributed by atoms with van der Waals surface area (Å²) in [4.78, 5) is 0.435. The van der Waals surface area contributed by atoms with Gasteiger partial charge in [-0.1, -0.05) is 19.1 Å². The topological polar surface area (TPSA) is 116 Å². The summed E-state index contributed by atoms with van der Waals surface area (Å²) in [5.41, 5.74) is 4.14. The Balaban J connectivity index is 0.000000157. The number of anilines is 2. The van der Waals surface area contributed by atoms with E-state index in [1.807, 2.05) is 12.1 Å². The van der Waals surface area contributed by atoms with Crippen LogP contribution in [0.25, 0.3) is 0 Å². The summed E-state index contributed by atoms with van der Waals surface area (Å²) >= 11 is 0. The van der Waals surface area contributed by atoms with E-state index in [1.165, 1.54) is 36.4 Å². The molecule has 12 heteroatoms. The zero-order valence-corrected chi connectivity index (χ0v) is 29.6. The van der Waals surface area contributed by atoms with Gasteiger partial charge in [0, 0.05) is 41.3 Å². The van der Waals surface area contributed by atoms with E-state index in [0.717, 1.165) is 73.5 Å². The smallest absolute Gasteiger partial charge is 0.206 e. The maximum absolute atomic E-state index is 13.5. The molecule has 6 atom stereocenters. The Morgan fingerprint density at radius 2 is 1.18 bits per heavy atom. The summed E-state index contributed by atoms with van der Waals surface area (Å²) in [6, 6.07) is 21.9. The van der Waals surface area contributed by atoms with Crippen LogP contribution in [0, 0.1) is 17.6 Å². The van der Waals surface area contributed by atoms with Crippen molar-refractivity contribution in [2.75, 3.05) is 30.3 Å². The molecule has 4 heterocycles. The first-order valence-electron chi connectivity index (χ1n) is 17.2. The number of halogens is 2. The fraction of sp³-hybridized carbons (Fsp3) is 0.368. The second-order valence-electron chi connectivity index (χ2n) is 13.9. The summed E-state index contributed by atoms with van der Waals surface area (Å²) < 4.78 is 78.5. The lowest BCUT2D eigenvalue weighted by molar-refractivity contribution is 0.443. The third-order valence-electron chi connectivity index (χ3n) is 10.5. The highest BCUT2D eigenvalue weighted by Crippen LogP contribution is 2.44. The van der Waals surface area contributed by atoms with Gasteiger partial charge in [-0.15, -0.1) is 0 Å². The Kier molecular flexibility index (Phi) is 9.48. The van der Waals surface area contributed by atoms with Gasteiger partial charge in [0.05, 0.1) is 19.6 Å². The number of nitrogens with one attached hydrogen (secondary N) is 4. The minimum absolute atomic E-state index is 0.00847. The lowest BCUT2D eigenvalue weighted by Crippen LogP contribution is -2.25. The zero-order valence-electron chi connectivity index (χ0n) is 28.0. The van der Waals surface area contributed by atoms with Crippen molar-refractivity contribution < 1.29 is 25.6 Å². The van der Waals surface area contributed by atoms with Crippen LogP contribution >= 0.6 is 0 Å². The quantitative estimate of drug-likeness (QED) is 0.190. The number of rotatable bonds is 4. The Bertz CT molecular complexity index is 2130. The Morgan fingerprint density at radius 1 is 0.640 bits per heavy atom. The van der Waals surface area contributed by atoms with E-state index in [4.69, 9.17) is 0 Å². The van der Waals surface area contributed by atoms with Gasteiger partial charge in [0.2, 0.25) is 19.7 Å². The third kappa shape index (κ3) is 6.66. The highest BCUT2D eigenvalue weighted by molar-refractivity contribution is 7.91. The van der Waals surface area contributed by atoms with Gasteiger partial charge in [-0.25, -0.2) is 25.6 Å². The molecule has 8 rings (SSSR count). The van der Waals surface area contributed by atoms with Crippen LogP contribution in [-0.2, 0) is 19.7 Å². The second-order valence-corrected chi connectivity index (χ2v) is 17.8. The molecule has 2 fully saturated rings. The Hall–Kier alpha value is -3.84. The largest absolute Gasteiger partial charge is 0.381 e. The van der Waals surface area contributed by atoms with E-state index in [1.54, 1.807) is 24.3 Å². The third-order valence-corrected chi connectivity index (χ3v) is 14.0. The molecule has 4 aliphatic heterocycles. The fourth-order valence-electron chi connectivity index (χ4n) is 8.01. The van der Waals surface area contributed by atoms with Crippen LogP contribution in [-0.4, -0.2) is 54.6 Å². The van der Waals surface area contributed by atoms with Crippen LogP contribution in [0.1, 0.15) is 56.1 Å². The first-order chi connectivity index (χ1) is 23.9. The van der Waals surface area contributed by atoms with Crippen molar-refractivity contribution in [1.29, 1.82) is 0 Å². The van der Waals surface area contributed by atoms with Gasteiger partial charge in [-0.2, -0.15) is 0 Å². The number of hydrogen-bond donors (Lipinski definition) is 4. The first kappa shape index (κ1) is 34.6. The summed E-state index contributed by atoms with van der Waals surface area (Å²) in [6.07, 6.45) is 2.99. The molecule has 2 saturated heterocycles. The van der Waals surface area contributed by atoms with Crippen molar-refractivity contribution in [3.05, 3.63) is 108 Å². The van der Waals surface area contributed by atoms with Gasteiger partial charge in [-0.05, 0) is 136 Å². The van der Waals surface area contributed by atoms with Crippen LogP contribution in [0.5, 0.6) is 0 Å². The Labute approximate surface area is 292 Å². The van der Waals surface area contributed by atoms with Crippen molar-refractivity contribution in [3.8, 4) is 0 Å². The van der Waals surface area contributed by atoms with Crippen molar-refractivity contribution in [2.45, 2.75) is 82.7 Å². The second kappa shape index (κ2) is 13.7. The molecular weight excluding hydrogens is 679 g/mol. The van der Waals surface area contributed by atoms with E-state index < -0.39 is 31.3 Å². The molecule has 4 aromatic carbocycles. The van der Waals surface area contributed by atoms with Gasteiger partial charge in [0.15, 0.2) is 0 Å². The monoisotopic (exact) mass is 720 g/mol. The minimum atomic E-state index is -3.73. The maximum Gasteiger partial charge on any atom is 0.206 e. The zero-order chi connectivity index (χ0) is 35.2. The number of fused-ring (bicyclic) bond motifs is 6. The molecule has 0 saturated carbocycles. The van der Waals surface area contributed by atoms with Gasteiger partial charge in [0.1, 0.15) is 11.6 Å². The SMILES string of the molecule is CC1CNCC[C@H]2Nc3ccc(S(=O)(=O)c4cccc(F)c4)cc3[C@@H]12.CC1C[C@@H]2c3cc(S(=O)(=O)c4cccc(F)c4)ccc3N[C@@H]2CCN1. The van der Waals surface area contributed by atoms with Crippen LogP contribution < -0.4 is 21.3 Å². The predicted molar refractivity (Wildman–Crippen MR) is 190 cm³/mol. The number of sulfone groups is 2. The molecule has 0 amide bonds. The van der Waals surface area contributed by atoms with Crippen LogP contribution in [0.15, 0.2) is 105 Å². The van der Waals surface area contributed by atoms with Gasteiger partial charge >= 0.3 is 0 Å². The normalized spacial score (nSPS) is 25.6. The lowest BCUT2D eigenvalue weighted by Gasteiger charge is -2.22. The molecule has 0 aromatic heterocycles. The summed E-state index contributed by atoms with van der Waals surface area (Å²) in [6.45, 7) is 7.19. The summed E-state index contributed by atoms with van der Waals surface area (Å²) in [5, 5.41) is 14.0. The standard InChI is InChI=1S/2C19H21FN2O2S/c1-12-11-21-8-7-18-19(12)16-10-15(5-6-17(16)22-18)25(23,24)14-4-2-3-13(20)9-14;1-12-9-16-17-11-15(5-6-18(17)22-19(16)7-8-21-12)25(23,24)14-4-2-3-13(20)10-14/h2-6,9-10,12,18-19,21-22H,7-8,11H2,1H3;2-6,10-12,16,19,21-22H,7-9H2,1H3/t12?,18-,19-;12?,16-,19-/m11/s1. The van der Waals surface area contributed by atoms with Crippen molar-refractivity contribution in [3.63, 3.8) is 0 Å². The number of benzene rings is 4. The molecule has 0 aliphatic carbocycles. The molecule has 4 N–H and O–H groups in total. The molecule has 4 aliphatic rings. The summed E-state index contributed by atoms with van der Waals surface area (Å²) in [5.74, 6) is -0.108. The fourth-order valence-corrected chi connectivity index (χ4v) is 10.7. The van der Waals surface area contributed by atoms with Crippen molar-refractivity contribution in [1.82, 2.24) is 10.6 Å². The van der Waals surface area contributed by atoms with Crippen LogP contribution in [0.2, 0.25) is 0 Å². The highest BCUT2D eigenvalue weighted by atomic mass is 32.2. The molecule has 8 nitrogen and oxygen atoms in total. The molecular formula is C38H42F2N4O4S2. The van der Waals surface area contributed by atoms with Gasteiger partial charge in [0.25, 0.3) is 0 Å². The lowest BCUT2D eigenvalue weighted by atomic mass is 9.84. The van der Waals surface area contributed by atoms with E-state index in [2.05, 4.69) is 35.1 Å². The van der Waals surface area contributed by atoms with E-state index >= 15 is 0 Å². The Morgan fingerprint density at radius 3 is 1.80 bits per heavy atom. The van der Waals surface area contributed by atoms with Gasteiger partial charge in [-0.3, -0.25) is 0 Å². The van der Waals surface area contributed by atoms with E-state index in [9.17, 15) is 25.6 Å². The number of hydrogen-bond acceptors (Lipinski definition) is 8. The van der Waals surface area contributed by atoms with Gasteiger partial charge < -0.3 is 21.3 Å². The average molecular weight is 721 g/mol. The van der Waals surface area contributed by atoms with Crippen molar-refractivity contribution >= 4 is 31.0 Å². The molecule has 0 radical (unpaired) electrons. The maximum atomic E-state index is 13.5. The van der Waals surface area contributed by atoms with E-state index in [-0.39, 0.29) is 25.5 Å². The predicted octanol–water partition coefficient (Wildman–Crippen LogP) is 6.47. The van der Waals surface area contributed by atoms with E-state index in [0.29, 0.717) is 30.0 Å². The molecule has 2 unspecified atom stereocenters.